The molecule has 0 aromatic heterocycles. The van der Waals surface area contributed by atoms with Crippen LogP contribution in [0.3, 0.4) is 0 Å². The van der Waals surface area contributed by atoms with Crippen LogP contribution in [0.5, 0.6) is 0 Å². The van der Waals surface area contributed by atoms with Crippen molar-refractivity contribution in [3.63, 3.8) is 0 Å². The highest BCUT2D eigenvalue weighted by molar-refractivity contribution is 5.72. The standard InChI is InChI=1S/C12H22O2.C11H20O2/c1-11(2,3)10-8(12(10,4)5)7-9(13)14-6;1-10(2,3)8-6-7(9(12)13)11(8,4)5/h8,10H,7H2,1-6H3;7-8H,6H2,1-5H3,(H,12,13). The van der Waals surface area contributed by atoms with Crippen LogP contribution in [-0.2, 0) is 14.3 Å². The summed E-state index contributed by atoms with van der Waals surface area (Å²) >= 11 is 0. The van der Waals surface area contributed by atoms with Gasteiger partial charge in [0.25, 0.3) is 0 Å². The van der Waals surface area contributed by atoms with Crippen molar-refractivity contribution >= 4 is 11.9 Å². The number of ether oxygens (including phenoxy) is 1. The SMILES string of the molecule is CC(C)(C)C1CC(C(=O)O)C1(C)C.COC(=O)CC1C(C(C)(C)C)C1(C)C. The molecule has 2 aliphatic carbocycles. The van der Waals surface area contributed by atoms with Gasteiger partial charge in [0.2, 0.25) is 0 Å². The number of hydrogen-bond acceptors (Lipinski definition) is 3. The molecule has 0 aliphatic heterocycles. The molecule has 0 spiro atoms. The van der Waals surface area contributed by atoms with Gasteiger partial charge < -0.3 is 9.84 Å². The van der Waals surface area contributed by atoms with Crippen LogP contribution in [0, 0.1) is 45.3 Å². The molecule has 0 bridgehead atoms. The van der Waals surface area contributed by atoms with Gasteiger partial charge in [-0.1, -0.05) is 69.2 Å². The monoisotopic (exact) mass is 382 g/mol. The van der Waals surface area contributed by atoms with Crippen LogP contribution in [0.15, 0.2) is 0 Å². The van der Waals surface area contributed by atoms with E-state index in [0.29, 0.717) is 35.0 Å². The Morgan fingerprint density at radius 3 is 1.70 bits per heavy atom. The van der Waals surface area contributed by atoms with E-state index in [9.17, 15) is 9.59 Å². The quantitative estimate of drug-likeness (QED) is 0.641. The summed E-state index contributed by atoms with van der Waals surface area (Å²) < 4.78 is 4.72. The largest absolute Gasteiger partial charge is 0.481 e. The number of rotatable bonds is 3. The zero-order valence-electron chi connectivity index (χ0n) is 19.4. The lowest BCUT2D eigenvalue weighted by Gasteiger charge is -2.56. The lowest BCUT2D eigenvalue weighted by Crippen LogP contribution is -2.53. The topological polar surface area (TPSA) is 63.6 Å². The summed E-state index contributed by atoms with van der Waals surface area (Å²) in [6, 6.07) is 0. The third kappa shape index (κ3) is 5.06. The number of methoxy groups -OCH3 is 1. The van der Waals surface area contributed by atoms with Crippen LogP contribution >= 0.6 is 0 Å². The second-order valence-corrected chi connectivity index (χ2v) is 11.9. The maximum absolute atomic E-state index is 11.2. The van der Waals surface area contributed by atoms with E-state index in [4.69, 9.17) is 9.84 Å². The van der Waals surface area contributed by atoms with Gasteiger partial charge in [0.05, 0.1) is 13.0 Å². The summed E-state index contributed by atoms with van der Waals surface area (Å²) in [7, 11) is 1.46. The molecule has 2 fully saturated rings. The first-order valence-electron chi connectivity index (χ1n) is 10.2. The Balaban J connectivity index is 0.000000271. The van der Waals surface area contributed by atoms with Crippen molar-refractivity contribution in [2.45, 2.75) is 82.1 Å². The van der Waals surface area contributed by atoms with Crippen molar-refractivity contribution in [3.05, 3.63) is 0 Å². The number of esters is 1. The maximum atomic E-state index is 11.2. The van der Waals surface area contributed by atoms with Crippen LogP contribution in [0.4, 0.5) is 0 Å². The summed E-state index contributed by atoms with van der Waals surface area (Å²) in [6.45, 7) is 22.0. The van der Waals surface area contributed by atoms with Crippen molar-refractivity contribution in [3.8, 4) is 0 Å². The molecule has 4 atom stereocenters. The fourth-order valence-corrected chi connectivity index (χ4v) is 5.92. The van der Waals surface area contributed by atoms with E-state index < -0.39 is 5.97 Å². The number of carbonyl (C=O) groups is 2. The molecular weight excluding hydrogens is 340 g/mol. The average molecular weight is 383 g/mol. The van der Waals surface area contributed by atoms with Gasteiger partial charge in [-0.15, -0.1) is 0 Å². The van der Waals surface area contributed by atoms with Crippen LogP contribution in [0.1, 0.15) is 82.1 Å². The predicted octanol–water partition coefficient (Wildman–Crippen LogP) is 5.65. The minimum absolute atomic E-state index is 0.0376. The number of carbonyl (C=O) groups excluding carboxylic acids is 1. The number of carboxylic acid groups (broad SMARTS) is 1. The molecule has 4 nitrogen and oxygen atoms in total. The second kappa shape index (κ2) is 7.40. The van der Waals surface area contributed by atoms with Crippen molar-refractivity contribution < 1.29 is 19.4 Å². The molecular formula is C23H42O4. The van der Waals surface area contributed by atoms with Gasteiger partial charge in [-0.25, -0.2) is 0 Å². The highest BCUT2D eigenvalue weighted by atomic mass is 16.5. The van der Waals surface area contributed by atoms with Crippen LogP contribution < -0.4 is 0 Å². The Kier molecular flexibility index (Phi) is 6.57. The molecule has 0 aromatic rings. The van der Waals surface area contributed by atoms with E-state index in [2.05, 4.69) is 69.2 Å². The zero-order valence-corrected chi connectivity index (χ0v) is 19.4. The summed E-state index contributed by atoms with van der Waals surface area (Å²) in [5.74, 6) is 0.808. The second-order valence-electron chi connectivity index (χ2n) is 11.9. The third-order valence-electron chi connectivity index (χ3n) is 7.21. The molecule has 27 heavy (non-hydrogen) atoms. The highest BCUT2D eigenvalue weighted by Gasteiger charge is 2.62. The number of carboxylic acids is 1. The van der Waals surface area contributed by atoms with Gasteiger partial charge in [-0.3, -0.25) is 9.59 Å². The summed E-state index contributed by atoms with van der Waals surface area (Å²) in [5, 5.41) is 8.95. The van der Waals surface area contributed by atoms with Gasteiger partial charge in [0.15, 0.2) is 0 Å². The molecule has 0 heterocycles. The maximum Gasteiger partial charge on any atom is 0.307 e. The normalized spacial score (nSPS) is 31.1. The molecule has 2 rings (SSSR count). The van der Waals surface area contributed by atoms with E-state index >= 15 is 0 Å². The van der Waals surface area contributed by atoms with Gasteiger partial charge in [-0.05, 0) is 45.8 Å². The van der Waals surface area contributed by atoms with Gasteiger partial charge in [0.1, 0.15) is 0 Å². The molecule has 2 aliphatic rings. The summed E-state index contributed by atoms with van der Waals surface area (Å²) in [4.78, 5) is 22.1. The number of hydrogen-bond donors (Lipinski definition) is 1. The number of aliphatic carboxylic acids is 1. The molecule has 2 saturated carbocycles. The lowest BCUT2D eigenvalue weighted by atomic mass is 9.48. The predicted molar refractivity (Wildman–Crippen MR) is 109 cm³/mol. The fourth-order valence-electron chi connectivity index (χ4n) is 5.92. The molecule has 0 saturated heterocycles. The first-order chi connectivity index (χ1) is 11.9. The van der Waals surface area contributed by atoms with Crippen molar-refractivity contribution in [1.29, 1.82) is 0 Å². The Morgan fingerprint density at radius 1 is 0.963 bits per heavy atom. The molecule has 4 heteroatoms. The first-order valence-corrected chi connectivity index (χ1v) is 10.2. The van der Waals surface area contributed by atoms with Gasteiger partial charge >= 0.3 is 11.9 Å². The molecule has 0 amide bonds. The smallest absolute Gasteiger partial charge is 0.307 e. The molecule has 4 unspecified atom stereocenters. The Hall–Kier alpha value is -1.06. The summed E-state index contributed by atoms with van der Waals surface area (Å²) in [5.41, 5.74) is 0.786. The van der Waals surface area contributed by atoms with Crippen molar-refractivity contribution in [2.75, 3.05) is 7.11 Å². The molecule has 0 radical (unpaired) electrons. The highest BCUT2D eigenvalue weighted by Crippen LogP contribution is 2.66. The lowest BCUT2D eigenvalue weighted by molar-refractivity contribution is -0.166. The molecule has 1 N–H and O–H groups in total. The van der Waals surface area contributed by atoms with Gasteiger partial charge in [-0.2, -0.15) is 0 Å². The van der Waals surface area contributed by atoms with E-state index in [1.165, 1.54) is 7.11 Å². The average Bonchev–Trinajstić information content (AvgIpc) is 2.97. The van der Waals surface area contributed by atoms with Crippen LogP contribution in [0.2, 0.25) is 0 Å². The minimum atomic E-state index is -0.634. The fraction of sp³-hybridized carbons (Fsp3) is 0.913. The molecule has 158 valence electrons. The van der Waals surface area contributed by atoms with Gasteiger partial charge in [0, 0.05) is 6.42 Å². The Labute approximate surface area is 166 Å². The third-order valence-corrected chi connectivity index (χ3v) is 7.21. The summed E-state index contributed by atoms with van der Waals surface area (Å²) in [6.07, 6.45) is 1.41. The zero-order chi connectivity index (χ0) is 21.6. The van der Waals surface area contributed by atoms with Crippen molar-refractivity contribution in [1.82, 2.24) is 0 Å². The Morgan fingerprint density at radius 2 is 1.44 bits per heavy atom. The van der Waals surface area contributed by atoms with Crippen LogP contribution in [0.25, 0.3) is 0 Å². The minimum Gasteiger partial charge on any atom is -0.481 e. The van der Waals surface area contributed by atoms with E-state index in [-0.39, 0.29) is 22.7 Å². The first kappa shape index (κ1) is 24.0. The van der Waals surface area contributed by atoms with Crippen molar-refractivity contribution in [2.24, 2.45) is 45.3 Å². The molecule has 0 aromatic carbocycles. The van der Waals surface area contributed by atoms with E-state index in [1.54, 1.807) is 0 Å². The van der Waals surface area contributed by atoms with Crippen LogP contribution in [-0.4, -0.2) is 24.2 Å². The van der Waals surface area contributed by atoms with E-state index in [1.807, 2.05) is 0 Å². The van der Waals surface area contributed by atoms with E-state index in [0.717, 1.165) is 6.42 Å². The Bertz CT molecular complexity index is 560.